The standard InChI is InChI=1S/C9H10BrN5O/c1-4-14-7(10)6-8(11)13-3-5(15(4)6)9(16)12-2/h3H,1-2H3,(H2,11,13)(H,12,16). The second-order valence-corrected chi connectivity index (χ2v) is 3.99. The van der Waals surface area contributed by atoms with Gasteiger partial charge in [0.15, 0.2) is 5.82 Å². The molecule has 2 aromatic rings. The van der Waals surface area contributed by atoms with Gasteiger partial charge < -0.3 is 11.1 Å². The molecule has 0 radical (unpaired) electrons. The SMILES string of the molecule is CNC(=O)c1cnc(N)c2c(Br)nc(C)n12. The van der Waals surface area contributed by atoms with Gasteiger partial charge in [-0.15, -0.1) is 0 Å². The average molecular weight is 284 g/mol. The van der Waals surface area contributed by atoms with Gasteiger partial charge >= 0.3 is 0 Å². The number of halogens is 1. The monoisotopic (exact) mass is 283 g/mol. The van der Waals surface area contributed by atoms with Crippen molar-refractivity contribution in [3.63, 3.8) is 0 Å². The van der Waals surface area contributed by atoms with Crippen LogP contribution in [0.15, 0.2) is 10.8 Å². The van der Waals surface area contributed by atoms with Gasteiger partial charge in [-0.25, -0.2) is 9.97 Å². The molecule has 7 heteroatoms. The van der Waals surface area contributed by atoms with Crippen LogP contribution in [0.1, 0.15) is 16.3 Å². The average Bonchev–Trinajstić information content (AvgIpc) is 2.55. The molecule has 0 fully saturated rings. The van der Waals surface area contributed by atoms with Crippen LogP contribution in [0.4, 0.5) is 5.82 Å². The maximum absolute atomic E-state index is 11.6. The fourth-order valence-electron chi connectivity index (χ4n) is 1.55. The Morgan fingerprint density at radius 3 is 2.94 bits per heavy atom. The van der Waals surface area contributed by atoms with Crippen LogP contribution in [0.5, 0.6) is 0 Å². The minimum absolute atomic E-state index is 0.231. The third kappa shape index (κ3) is 1.44. The second-order valence-electron chi connectivity index (χ2n) is 3.24. The van der Waals surface area contributed by atoms with Gasteiger partial charge in [-0.3, -0.25) is 9.20 Å². The molecule has 0 saturated heterocycles. The number of hydrogen-bond donors (Lipinski definition) is 2. The summed E-state index contributed by atoms with van der Waals surface area (Å²) in [7, 11) is 1.56. The van der Waals surface area contributed by atoms with Gasteiger partial charge in [-0.1, -0.05) is 0 Å². The number of nitrogens with one attached hydrogen (secondary N) is 1. The highest BCUT2D eigenvalue weighted by Crippen LogP contribution is 2.24. The van der Waals surface area contributed by atoms with E-state index >= 15 is 0 Å². The van der Waals surface area contributed by atoms with Crippen molar-refractivity contribution in [2.24, 2.45) is 0 Å². The van der Waals surface area contributed by atoms with E-state index in [0.29, 0.717) is 27.5 Å². The summed E-state index contributed by atoms with van der Waals surface area (Å²) in [6, 6.07) is 0. The molecule has 16 heavy (non-hydrogen) atoms. The molecular weight excluding hydrogens is 274 g/mol. The molecule has 0 unspecified atom stereocenters. The molecule has 0 atom stereocenters. The normalized spacial score (nSPS) is 10.7. The van der Waals surface area contributed by atoms with E-state index in [4.69, 9.17) is 5.73 Å². The van der Waals surface area contributed by atoms with E-state index in [1.165, 1.54) is 6.20 Å². The number of rotatable bonds is 1. The number of nitrogen functional groups attached to an aromatic ring is 1. The first kappa shape index (κ1) is 10.9. The molecule has 84 valence electrons. The van der Waals surface area contributed by atoms with Crippen LogP contribution in [0.3, 0.4) is 0 Å². The summed E-state index contributed by atoms with van der Waals surface area (Å²) in [5, 5.41) is 2.55. The molecule has 0 bridgehead atoms. The smallest absolute Gasteiger partial charge is 0.269 e. The molecule has 0 aliphatic carbocycles. The zero-order valence-electron chi connectivity index (χ0n) is 8.78. The molecule has 6 nitrogen and oxygen atoms in total. The molecule has 3 N–H and O–H groups in total. The topological polar surface area (TPSA) is 85.3 Å². The fourth-order valence-corrected chi connectivity index (χ4v) is 2.19. The van der Waals surface area contributed by atoms with Gasteiger partial charge in [0, 0.05) is 7.05 Å². The summed E-state index contributed by atoms with van der Waals surface area (Å²) in [5.41, 5.74) is 6.76. The van der Waals surface area contributed by atoms with Crippen LogP contribution < -0.4 is 11.1 Å². The Morgan fingerprint density at radius 2 is 2.31 bits per heavy atom. The minimum Gasteiger partial charge on any atom is -0.382 e. The lowest BCUT2D eigenvalue weighted by Gasteiger charge is -2.06. The molecular formula is C9H10BrN5O. The van der Waals surface area contributed by atoms with Crippen molar-refractivity contribution in [2.45, 2.75) is 6.92 Å². The van der Waals surface area contributed by atoms with Crippen molar-refractivity contribution < 1.29 is 4.79 Å². The summed E-state index contributed by atoms with van der Waals surface area (Å²) < 4.78 is 2.26. The van der Waals surface area contributed by atoms with Crippen molar-refractivity contribution in [3.05, 3.63) is 22.3 Å². The van der Waals surface area contributed by atoms with E-state index in [1.54, 1.807) is 18.4 Å². The number of nitrogens with zero attached hydrogens (tertiary/aromatic N) is 3. The second kappa shape index (κ2) is 3.75. The van der Waals surface area contributed by atoms with Crippen molar-refractivity contribution in [2.75, 3.05) is 12.8 Å². The number of hydrogen-bond acceptors (Lipinski definition) is 4. The molecule has 0 aliphatic rings. The molecule has 0 aromatic carbocycles. The lowest BCUT2D eigenvalue weighted by Crippen LogP contribution is -2.22. The zero-order valence-corrected chi connectivity index (χ0v) is 10.4. The molecule has 0 saturated carbocycles. The van der Waals surface area contributed by atoms with Crippen LogP contribution in [-0.4, -0.2) is 27.3 Å². The van der Waals surface area contributed by atoms with Crippen molar-refractivity contribution in [3.8, 4) is 0 Å². The van der Waals surface area contributed by atoms with Crippen molar-refractivity contribution >= 4 is 33.2 Å². The van der Waals surface area contributed by atoms with E-state index in [1.807, 2.05) is 0 Å². The molecule has 2 heterocycles. The van der Waals surface area contributed by atoms with Gasteiger partial charge in [-0.05, 0) is 22.9 Å². The highest BCUT2D eigenvalue weighted by Gasteiger charge is 2.16. The van der Waals surface area contributed by atoms with Crippen molar-refractivity contribution in [1.82, 2.24) is 19.7 Å². The summed E-state index contributed by atoms with van der Waals surface area (Å²) >= 11 is 3.29. The van der Waals surface area contributed by atoms with E-state index < -0.39 is 0 Å². The van der Waals surface area contributed by atoms with Crippen LogP contribution in [0, 0.1) is 6.92 Å². The molecule has 0 spiro atoms. The highest BCUT2D eigenvalue weighted by atomic mass is 79.9. The number of amides is 1. The summed E-state index contributed by atoms with van der Waals surface area (Å²) in [4.78, 5) is 19.8. The minimum atomic E-state index is -0.231. The lowest BCUT2D eigenvalue weighted by atomic mass is 10.4. The van der Waals surface area contributed by atoms with Crippen LogP contribution in [-0.2, 0) is 0 Å². The highest BCUT2D eigenvalue weighted by molar-refractivity contribution is 9.10. The lowest BCUT2D eigenvalue weighted by molar-refractivity contribution is 0.0956. The zero-order chi connectivity index (χ0) is 11.9. The Hall–Kier alpha value is -1.63. The predicted molar refractivity (Wildman–Crippen MR) is 63.2 cm³/mol. The van der Waals surface area contributed by atoms with Gasteiger partial charge in [0.05, 0.1) is 6.20 Å². The number of nitrogens with two attached hydrogens (primary N) is 1. The van der Waals surface area contributed by atoms with Crippen LogP contribution in [0.2, 0.25) is 0 Å². The third-order valence-electron chi connectivity index (χ3n) is 2.27. The first-order valence-electron chi connectivity index (χ1n) is 4.57. The maximum Gasteiger partial charge on any atom is 0.269 e. The third-order valence-corrected chi connectivity index (χ3v) is 2.82. The van der Waals surface area contributed by atoms with Gasteiger partial charge in [-0.2, -0.15) is 0 Å². The summed E-state index contributed by atoms with van der Waals surface area (Å²) in [5.74, 6) is 0.778. The largest absolute Gasteiger partial charge is 0.382 e. The number of fused-ring (bicyclic) bond motifs is 1. The molecule has 2 rings (SSSR count). The first-order valence-corrected chi connectivity index (χ1v) is 5.36. The maximum atomic E-state index is 11.6. The van der Waals surface area contributed by atoms with E-state index in [2.05, 4.69) is 31.2 Å². The summed E-state index contributed by atoms with van der Waals surface area (Å²) in [6.07, 6.45) is 1.43. The Balaban J connectivity index is 2.88. The van der Waals surface area contributed by atoms with Crippen LogP contribution >= 0.6 is 15.9 Å². The molecule has 2 aromatic heterocycles. The number of aryl methyl sites for hydroxylation is 1. The number of imidazole rings is 1. The Bertz CT molecular complexity index is 577. The fraction of sp³-hybridized carbons (Fsp3) is 0.222. The molecule has 0 aliphatic heterocycles. The quantitative estimate of drug-likeness (QED) is 0.809. The van der Waals surface area contributed by atoms with E-state index in [0.717, 1.165) is 0 Å². The number of carbonyl (C=O) groups excluding carboxylic acids is 1. The Morgan fingerprint density at radius 1 is 1.62 bits per heavy atom. The van der Waals surface area contributed by atoms with Gasteiger partial charge in [0.1, 0.15) is 21.6 Å². The first-order chi connectivity index (χ1) is 7.56. The van der Waals surface area contributed by atoms with Crippen molar-refractivity contribution in [1.29, 1.82) is 0 Å². The predicted octanol–water partition coefficient (Wildman–Crippen LogP) is 0.742. The van der Waals surface area contributed by atoms with Crippen LogP contribution in [0.25, 0.3) is 5.52 Å². The Labute approximate surface area is 100 Å². The molecule has 1 amide bonds. The summed E-state index contributed by atoms with van der Waals surface area (Å²) in [6.45, 7) is 1.80. The Kier molecular flexibility index (Phi) is 2.55. The van der Waals surface area contributed by atoms with E-state index in [9.17, 15) is 4.79 Å². The number of carbonyl (C=O) groups is 1. The van der Waals surface area contributed by atoms with Gasteiger partial charge in [0.2, 0.25) is 0 Å². The number of anilines is 1. The number of aromatic nitrogens is 3. The van der Waals surface area contributed by atoms with E-state index in [-0.39, 0.29) is 5.91 Å². The van der Waals surface area contributed by atoms with Gasteiger partial charge in [0.25, 0.3) is 5.91 Å².